The van der Waals surface area contributed by atoms with E-state index in [0.717, 1.165) is 5.56 Å². The van der Waals surface area contributed by atoms with Crippen LogP contribution in [0.2, 0.25) is 0 Å². The largest absolute Gasteiger partial charge is 0.497 e. The molecule has 2 atom stereocenters. The number of likely N-dealkylation sites (tertiary alicyclic amines) is 1. The van der Waals surface area contributed by atoms with Gasteiger partial charge in [-0.05, 0) is 54.8 Å². The molecule has 174 valence electrons. The Morgan fingerprint density at radius 3 is 1.97 bits per heavy atom. The van der Waals surface area contributed by atoms with Gasteiger partial charge in [-0.15, -0.1) is 0 Å². The Morgan fingerprint density at radius 1 is 0.909 bits per heavy atom. The first-order valence-corrected chi connectivity index (χ1v) is 11.1. The summed E-state index contributed by atoms with van der Waals surface area (Å²) in [6, 6.07) is 14.3. The van der Waals surface area contributed by atoms with E-state index in [1.54, 1.807) is 36.2 Å². The Morgan fingerprint density at radius 2 is 1.45 bits per heavy atom. The Bertz CT molecular complexity index is 1010. The standard InChI is InChI=1S/C25H29N3O5/c1-32-19-7-3-16(4-8-19)23-21(25(31)27-13-11-17(12-14-27)24(26)30)15-22(29)28(23)18-5-9-20(33-2)10-6-18/h3-10,17,21,23H,11-15H2,1-2H3,(H2,26,30)/t21-,23-/m1/s1. The lowest BCUT2D eigenvalue weighted by molar-refractivity contribution is -0.139. The van der Waals surface area contributed by atoms with Crippen LogP contribution in [0.4, 0.5) is 5.69 Å². The third-order valence-electron chi connectivity index (χ3n) is 6.66. The first kappa shape index (κ1) is 22.6. The number of primary amides is 1. The van der Waals surface area contributed by atoms with E-state index in [-0.39, 0.29) is 30.1 Å². The van der Waals surface area contributed by atoms with Gasteiger partial charge in [-0.3, -0.25) is 14.4 Å². The Balaban J connectivity index is 1.65. The SMILES string of the molecule is COc1ccc([C@@H]2[C@H](C(=O)N3CCC(C(N)=O)CC3)CC(=O)N2c2ccc(OC)cc2)cc1. The number of carbonyl (C=O) groups is 3. The molecule has 2 aliphatic rings. The zero-order valence-electron chi connectivity index (χ0n) is 18.9. The second-order valence-corrected chi connectivity index (χ2v) is 8.49. The number of benzene rings is 2. The van der Waals surface area contributed by atoms with E-state index in [4.69, 9.17) is 15.2 Å². The van der Waals surface area contributed by atoms with Gasteiger partial charge in [0.25, 0.3) is 0 Å². The van der Waals surface area contributed by atoms with Gasteiger partial charge in [0, 0.05) is 31.1 Å². The molecule has 3 amide bonds. The highest BCUT2D eigenvalue weighted by Crippen LogP contribution is 2.43. The zero-order chi connectivity index (χ0) is 23.5. The van der Waals surface area contributed by atoms with Crippen LogP contribution in [0.1, 0.15) is 30.9 Å². The molecular weight excluding hydrogens is 422 g/mol. The van der Waals surface area contributed by atoms with Gasteiger partial charge in [-0.25, -0.2) is 0 Å². The smallest absolute Gasteiger partial charge is 0.228 e. The van der Waals surface area contributed by atoms with Gasteiger partial charge in [0.1, 0.15) is 11.5 Å². The second-order valence-electron chi connectivity index (χ2n) is 8.49. The number of rotatable bonds is 6. The van der Waals surface area contributed by atoms with Crippen LogP contribution in [0.3, 0.4) is 0 Å². The molecule has 2 saturated heterocycles. The summed E-state index contributed by atoms with van der Waals surface area (Å²) in [6.45, 7) is 0.935. The number of anilines is 1. The number of amides is 3. The van der Waals surface area contributed by atoms with Crippen molar-refractivity contribution in [1.82, 2.24) is 4.90 Å². The summed E-state index contributed by atoms with van der Waals surface area (Å²) in [5.74, 6) is 0.173. The lowest BCUT2D eigenvalue weighted by atomic mass is 9.90. The lowest BCUT2D eigenvalue weighted by Gasteiger charge is -2.35. The predicted molar refractivity (Wildman–Crippen MR) is 123 cm³/mol. The van der Waals surface area contributed by atoms with E-state index in [9.17, 15) is 14.4 Å². The summed E-state index contributed by atoms with van der Waals surface area (Å²) < 4.78 is 10.5. The molecule has 0 spiro atoms. The Labute approximate surface area is 193 Å². The van der Waals surface area contributed by atoms with Crippen molar-refractivity contribution in [2.75, 3.05) is 32.2 Å². The fourth-order valence-corrected chi connectivity index (χ4v) is 4.80. The molecule has 2 aromatic carbocycles. The third kappa shape index (κ3) is 4.51. The molecule has 0 aliphatic carbocycles. The molecule has 0 bridgehead atoms. The number of methoxy groups -OCH3 is 2. The van der Waals surface area contributed by atoms with Crippen LogP contribution < -0.4 is 20.1 Å². The molecule has 2 heterocycles. The average molecular weight is 452 g/mol. The van der Waals surface area contributed by atoms with E-state index in [1.807, 2.05) is 36.4 Å². The van der Waals surface area contributed by atoms with E-state index in [1.165, 1.54) is 0 Å². The van der Waals surface area contributed by atoms with Crippen molar-refractivity contribution in [3.63, 3.8) is 0 Å². The molecule has 8 heteroatoms. The van der Waals surface area contributed by atoms with Crippen LogP contribution in [-0.2, 0) is 14.4 Å². The van der Waals surface area contributed by atoms with Gasteiger partial charge in [0.15, 0.2) is 0 Å². The number of ether oxygens (including phenoxy) is 2. The van der Waals surface area contributed by atoms with E-state index in [0.29, 0.717) is 43.1 Å². The quantitative estimate of drug-likeness (QED) is 0.727. The van der Waals surface area contributed by atoms with Gasteiger partial charge in [-0.2, -0.15) is 0 Å². The topological polar surface area (TPSA) is 102 Å². The first-order chi connectivity index (χ1) is 15.9. The highest BCUT2D eigenvalue weighted by molar-refractivity contribution is 6.01. The molecule has 2 N–H and O–H groups in total. The van der Waals surface area contributed by atoms with Crippen molar-refractivity contribution in [2.24, 2.45) is 17.6 Å². The van der Waals surface area contributed by atoms with E-state index in [2.05, 4.69) is 0 Å². The minimum atomic E-state index is -0.530. The minimum Gasteiger partial charge on any atom is -0.497 e. The number of piperidine rings is 1. The Hall–Kier alpha value is -3.55. The van der Waals surface area contributed by atoms with Crippen molar-refractivity contribution in [1.29, 1.82) is 0 Å². The summed E-state index contributed by atoms with van der Waals surface area (Å²) in [7, 11) is 3.19. The highest BCUT2D eigenvalue weighted by atomic mass is 16.5. The molecule has 2 aliphatic heterocycles. The van der Waals surface area contributed by atoms with Crippen molar-refractivity contribution in [3.05, 3.63) is 54.1 Å². The minimum absolute atomic E-state index is 0.0666. The van der Waals surface area contributed by atoms with E-state index >= 15 is 0 Å². The zero-order valence-corrected chi connectivity index (χ0v) is 18.9. The fourth-order valence-electron chi connectivity index (χ4n) is 4.80. The van der Waals surface area contributed by atoms with Gasteiger partial charge in [0.05, 0.1) is 26.2 Å². The Kier molecular flexibility index (Phi) is 6.53. The molecular formula is C25H29N3O5. The van der Waals surface area contributed by atoms with Gasteiger partial charge in [0.2, 0.25) is 17.7 Å². The average Bonchev–Trinajstić information content (AvgIpc) is 3.20. The molecule has 0 aromatic heterocycles. The summed E-state index contributed by atoms with van der Waals surface area (Å²) in [5.41, 5.74) is 7.02. The monoisotopic (exact) mass is 451 g/mol. The van der Waals surface area contributed by atoms with E-state index < -0.39 is 12.0 Å². The molecule has 2 aromatic rings. The molecule has 0 unspecified atom stereocenters. The third-order valence-corrected chi connectivity index (χ3v) is 6.66. The maximum absolute atomic E-state index is 13.6. The van der Waals surface area contributed by atoms with Crippen molar-refractivity contribution in [3.8, 4) is 11.5 Å². The van der Waals surface area contributed by atoms with Gasteiger partial charge >= 0.3 is 0 Å². The van der Waals surface area contributed by atoms with Crippen LogP contribution in [0.25, 0.3) is 0 Å². The molecule has 0 radical (unpaired) electrons. The van der Waals surface area contributed by atoms with Crippen LogP contribution in [-0.4, -0.2) is 49.9 Å². The van der Waals surface area contributed by atoms with Gasteiger partial charge in [-0.1, -0.05) is 12.1 Å². The first-order valence-electron chi connectivity index (χ1n) is 11.1. The summed E-state index contributed by atoms with van der Waals surface area (Å²) in [6.07, 6.45) is 1.23. The normalized spacial score (nSPS) is 21.2. The number of nitrogens with two attached hydrogens (primary N) is 1. The predicted octanol–water partition coefficient (Wildman–Crippen LogP) is 2.52. The fraction of sp³-hybridized carbons (Fsp3) is 0.400. The van der Waals surface area contributed by atoms with Crippen molar-refractivity contribution in [2.45, 2.75) is 25.3 Å². The summed E-state index contributed by atoms with van der Waals surface area (Å²) in [5, 5.41) is 0. The second kappa shape index (κ2) is 9.52. The van der Waals surface area contributed by atoms with Crippen LogP contribution in [0, 0.1) is 11.8 Å². The van der Waals surface area contributed by atoms with Crippen LogP contribution >= 0.6 is 0 Å². The number of hydrogen-bond donors (Lipinski definition) is 1. The van der Waals surface area contributed by atoms with Crippen molar-refractivity contribution >= 4 is 23.4 Å². The lowest BCUT2D eigenvalue weighted by Crippen LogP contribution is -2.45. The number of carbonyl (C=O) groups excluding carboxylic acids is 3. The highest BCUT2D eigenvalue weighted by Gasteiger charge is 2.47. The maximum Gasteiger partial charge on any atom is 0.228 e. The summed E-state index contributed by atoms with van der Waals surface area (Å²) in [4.78, 5) is 41.8. The van der Waals surface area contributed by atoms with Crippen LogP contribution in [0.5, 0.6) is 11.5 Å². The van der Waals surface area contributed by atoms with Gasteiger partial charge < -0.3 is 25.0 Å². The molecule has 33 heavy (non-hydrogen) atoms. The molecule has 8 nitrogen and oxygen atoms in total. The van der Waals surface area contributed by atoms with Crippen LogP contribution in [0.15, 0.2) is 48.5 Å². The molecule has 4 rings (SSSR count). The number of hydrogen-bond acceptors (Lipinski definition) is 5. The maximum atomic E-state index is 13.6. The van der Waals surface area contributed by atoms with Crippen molar-refractivity contribution < 1.29 is 23.9 Å². The summed E-state index contributed by atoms with van der Waals surface area (Å²) >= 11 is 0. The molecule has 0 saturated carbocycles. The molecule has 2 fully saturated rings. The number of nitrogens with zero attached hydrogens (tertiary/aromatic N) is 2.